The van der Waals surface area contributed by atoms with Crippen molar-refractivity contribution in [1.82, 2.24) is 0 Å². The van der Waals surface area contributed by atoms with Crippen molar-refractivity contribution in [1.29, 1.82) is 0 Å². The number of benzene rings is 8. The molecular weight excluding hydrogens is 621 g/mol. The van der Waals surface area contributed by atoms with Gasteiger partial charge in [-0.2, -0.15) is 0 Å². The zero-order valence-corrected chi connectivity index (χ0v) is 28.3. The molecular formula is C49H32S. The van der Waals surface area contributed by atoms with Gasteiger partial charge >= 0.3 is 0 Å². The summed E-state index contributed by atoms with van der Waals surface area (Å²) in [5.74, 6) is 0. The first-order valence-electron chi connectivity index (χ1n) is 17.3. The summed E-state index contributed by atoms with van der Waals surface area (Å²) in [6, 6.07) is 67.1. The van der Waals surface area contributed by atoms with Gasteiger partial charge < -0.3 is 0 Å². The predicted octanol–water partition coefficient (Wildman–Crippen LogP) is 14.0. The van der Waals surface area contributed by atoms with Crippen molar-refractivity contribution in [2.75, 3.05) is 0 Å². The van der Waals surface area contributed by atoms with Crippen LogP contribution in [0, 0.1) is 0 Å². The van der Waals surface area contributed by atoms with Crippen LogP contribution in [0.25, 0.3) is 86.9 Å². The molecule has 1 aromatic heterocycles. The highest BCUT2D eigenvalue weighted by Crippen LogP contribution is 2.44. The van der Waals surface area contributed by atoms with Crippen molar-refractivity contribution in [2.45, 2.75) is 6.42 Å². The van der Waals surface area contributed by atoms with E-state index in [0.717, 1.165) is 6.42 Å². The minimum Gasteiger partial charge on any atom is -0.135 e. The molecule has 0 saturated heterocycles. The zero-order valence-electron chi connectivity index (χ0n) is 27.4. The zero-order chi connectivity index (χ0) is 33.0. The van der Waals surface area contributed by atoms with Gasteiger partial charge in [0.05, 0.1) is 0 Å². The van der Waals surface area contributed by atoms with E-state index in [1.165, 1.54) is 98.1 Å². The molecule has 9 aromatic rings. The summed E-state index contributed by atoms with van der Waals surface area (Å²) in [4.78, 5) is 0. The summed E-state index contributed by atoms with van der Waals surface area (Å²) in [6.07, 6.45) is 0.950. The van der Waals surface area contributed by atoms with Crippen LogP contribution in [0.4, 0.5) is 0 Å². The van der Waals surface area contributed by atoms with Gasteiger partial charge in [0, 0.05) is 20.2 Å². The van der Waals surface area contributed by atoms with E-state index in [-0.39, 0.29) is 0 Å². The van der Waals surface area contributed by atoms with Crippen molar-refractivity contribution in [3.05, 3.63) is 193 Å². The van der Waals surface area contributed by atoms with Crippen LogP contribution >= 0.6 is 11.3 Å². The Morgan fingerprint density at radius 3 is 1.64 bits per heavy atom. The van der Waals surface area contributed by atoms with Crippen LogP contribution < -0.4 is 0 Å². The molecule has 0 amide bonds. The summed E-state index contributed by atoms with van der Waals surface area (Å²) in [6.45, 7) is 0. The van der Waals surface area contributed by atoms with Crippen molar-refractivity contribution in [3.63, 3.8) is 0 Å². The van der Waals surface area contributed by atoms with E-state index in [2.05, 4.69) is 182 Å². The lowest BCUT2D eigenvalue weighted by Gasteiger charge is -2.11. The van der Waals surface area contributed by atoms with Gasteiger partial charge in [0.1, 0.15) is 0 Å². The molecule has 0 spiro atoms. The molecule has 0 saturated carbocycles. The van der Waals surface area contributed by atoms with Crippen molar-refractivity contribution in [2.24, 2.45) is 0 Å². The molecule has 50 heavy (non-hydrogen) atoms. The first kappa shape index (κ1) is 28.9. The van der Waals surface area contributed by atoms with Gasteiger partial charge in [-0.1, -0.05) is 146 Å². The number of hydrogen-bond acceptors (Lipinski definition) is 1. The van der Waals surface area contributed by atoms with Gasteiger partial charge in [-0.05, 0) is 121 Å². The van der Waals surface area contributed by atoms with E-state index in [9.17, 15) is 0 Å². The van der Waals surface area contributed by atoms with E-state index in [1.807, 2.05) is 11.3 Å². The monoisotopic (exact) mass is 652 g/mol. The third-order valence-electron chi connectivity index (χ3n) is 10.3. The summed E-state index contributed by atoms with van der Waals surface area (Å²) in [7, 11) is 0. The second kappa shape index (κ2) is 11.8. The lowest BCUT2D eigenvalue weighted by Crippen LogP contribution is -1.88. The number of rotatable bonds is 5. The fourth-order valence-corrected chi connectivity index (χ4v) is 8.87. The minimum absolute atomic E-state index is 0.950. The molecule has 0 N–H and O–H groups in total. The average molecular weight is 653 g/mol. The smallest absolute Gasteiger partial charge is 0.0355 e. The van der Waals surface area contributed by atoms with Crippen molar-refractivity contribution >= 4 is 31.5 Å². The molecule has 234 valence electrons. The molecule has 1 aliphatic carbocycles. The van der Waals surface area contributed by atoms with Crippen LogP contribution in [0.5, 0.6) is 0 Å². The Balaban J connectivity index is 0.972. The molecule has 0 bridgehead atoms. The standard InChI is InChI=1S/C49H32S/c1-2-9-32(10-3-1)33-19-21-34(22-20-33)35-11-6-12-36(27-35)38-23-24-41-31-46-42(16-8-17-43(46)45(41)29-38)40-14-7-13-37(28-40)39-25-26-49-47(30-39)44-15-4-5-18-48(44)50-49/h1-30H,31H2. The van der Waals surface area contributed by atoms with Gasteiger partial charge in [0.2, 0.25) is 0 Å². The summed E-state index contributed by atoms with van der Waals surface area (Å²) >= 11 is 1.87. The Hall–Kier alpha value is -6.02. The van der Waals surface area contributed by atoms with Crippen molar-refractivity contribution < 1.29 is 0 Å². The van der Waals surface area contributed by atoms with Gasteiger partial charge in [-0.25, -0.2) is 0 Å². The van der Waals surface area contributed by atoms with Gasteiger partial charge in [0.25, 0.3) is 0 Å². The predicted molar refractivity (Wildman–Crippen MR) is 215 cm³/mol. The Labute approximate surface area is 296 Å². The van der Waals surface area contributed by atoms with Gasteiger partial charge in [0.15, 0.2) is 0 Å². The molecule has 8 aromatic carbocycles. The molecule has 0 radical (unpaired) electrons. The molecule has 1 aliphatic rings. The van der Waals surface area contributed by atoms with Crippen LogP contribution in [-0.2, 0) is 6.42 Å². The molecule has 0 atom stereocenters. The van der Waals surface area contributed by atoms with Crippen LogP contribution in [0.3, 0.4) is 0 Å². The van der Waals surface area contributed by atoms with Crippen LogP contribution in [0.15, 0.2) is 182 Å². The largest absolute Gasteiger partial charge is 0.135 e. The topological polar surface area (TPSA) is 0 Å². The molecule has 0 nitrogen and oxygen atoms in total. The first-order valence-corrected chi connectivity index (χ1v) is 18.1. The average Bonchev–Trinajstić information content (AvgIpc) is 3.76. The summed E-state index contributed by atoms with van der Waals surface area (Å²) < 4.78 is 2.69. The minimum atomic E-state index is 0.950. The molecule has 0 fully saturated rings. The maximum absolute atomic E-state index is 2.40. The maximum atomic E-state index is 2.40. The lowest BCUT2D eigenvalue weighted by atomic mass is 9.93. The molecule has 0 unspecified atom stereocenters. The SMILES string of the molecule is c1ccc(-c2ccc(-c3cccc(-c4ccc5c(c4)-c4cccc(-c6cccc(-c7ccc8sc9ccccc9c8c7)c6)c4C5)c3)cc2)cc1. The molecule has 10 rings (SSSR count). The highest BCUT2D eigenvalue weighted by Gasteiger charge is 2.22. The second-order valence-corrected chi connectivity index (χ2v) is 14.4. The molecule has 1 heteroatoms. The van der Waals surface area contributed by atoms with Crippen LogP contribution in [0.2, 0.25) is 0 Å². The van der Waals surface area contributed by atoms with E-state index < -0.39 is 0 Å². The normalized spacial score (nSPS) is 11.9. The molecule has 0 aliphatic heterocycles. The Morgan fingerprint density at radius 1 is 0.300 bits per heavy atom. The van der Waals surface area contributed by atoms with Crippen molar-refractivity contribution in [3.8, 4) is 66.8 Å². The number of fused-ring (bicyclic) bond motifs is 6. The highest BCUT2D eigenvalue weighted by molar-refractivity contribution is 7.25. The third-order valence-corrected chi connectivity index (χ3v) is 11.5. The van der Waals surface area contributed by atoms with Crippen LogP contribution in [0.1, 0.15) is 11.1 Å². The van der Waals surface area contributed by atoms with Gasteiger partial charge in [-0.15, -0.1) is 11.3 Å². The fourth-order valence-electron chi connectivity index (χ4n) is 7.79. The Kier molecular flexibility index (Phi) is 6.85. The highest BCUT2D eigenvalue weighted by atomic mass is 32.1. The molecule has 1 heterocycles. The summed E-state index contributed by atoms with van der Waals surface area (Å²) in [5.41, 5.74) is 18.1. The quantitative estimate of drug-likeness (QED) is 0.174. The van der Waals surface area contributed by atoms with Gasteiger partial charge in [-0.3, -0.25) is 0 Å². The maximum Gasteiger partial charge on any atom is 0.0355 e. The first-order chi connectivity index (χ1) is 24.7. The number of thiophene rings is 1. The van der Waals surface area contributed by atoms with E-state index >= 15 is 0 Å². The second-order valence-electron chi connectivity index (χ2n) is 13.3. The van der Waals surface area contributed by atoms with E-state index in [1.54, 1.807) is 0 Å². The van der Waals surface area contributed by atoms with E-state index in [4.69, 9.17) is 0 Å². The van der Waals surface area contributed by atoms with Crippen LogP contribution in [-0.4, -0.2) is 0 Å². The fraction of sp³-hybridized carbons (Fsp3) is 0.0204. The lowest BCUT2D eigenvalue weighted by molar-refractivity contribution is 1.26. The Morgan fingerprint density at radius 2 is 0.820 bits per heavy atom. The Bertz CT molecular complexity index is 2710. The third kappa shape index (κ3) is 4.98. The van der Waals surface area contributed by atoms with E-state index in [0.29, 0.717) is 0 Å². The number of hydrogen-bond donors (Lipinski definition) is 0. The summed E-state index contributed by atoms with van der Waals surface area (Å²) in [5, 5.41) is 2.68.